The van der Waals surface area contributed by atoms with Crippen LogP contribution in [-0.4, -0.2) is 32.4 Å². The third-order valence-electron chi connectivity index (χ3n) is 2.38. The van der Waals surface area contributed by atoms with Crippen molar-refractivity contribution in [2.45, 2.75) is 24.4 Å². The average molecular weight is 278 g/mol. The van der Waals surface area contributed by atoms with Crippen LogP contribution >= 0.6 is 11.6 Å². The molecule has 0 unspecified atom stereocenters. The second-order valence-electron chi connectivity index (χ2n) is 3.95. The minimum atomic E-state index is -3.30. The van der Waals surface area contributed by atoms with Gasteiger partial charge in [-0.1, -0.05) is 17.7 Å². The van der Waals surface area contributed by atoms with E-state index in [-0.39, 0.29) is 17.5 Å². The summed E-state index contributed by atoms with van der Waals surface area (Å²) in [4.78, 5) is 0.225. The van der Waals surface area contributed by atoms with E-state index in [0.717, 1.165) is 6.26 Å². The predicted octanol–water partition coefficient (Wildman–Crippen LogP) is 1.21. The number of halogens is 1. The molecule has 0 aliphatic rings. The van der Waals surface area contributed by atoms with E-state index in [1.807, 2.05) is 0 Å². The topological polar surface area (TPSA) is 66.4 Å². The van der Waals surface area contributed by atoms with Crippen LogP contribution in [0, 0.1) is 0 Å². The van der Waals surface area contributed by atoms with Gasteiger partial charge in [-0.2, -0.15) is 0 Å². The maximum atomic E-state index is 11.6. The molecular weight excluding hydrogens is 262 g/mol. The van der Waals surface area contributed by atoms with Crippen molar-refractivity contribution in [2.75, 3.05) is 12.9 Å². The molecule has 17 heavy (non-hydrogen) atoms. The fourth-order valence-electron chi connectivity index (χ4n) is 1.40. The molecule has 0 spiro atoms. The van der Waals surface area contributed by atoms with Crippen molar-refractivity contribution in [3.8, 4) is 0 Å². The molecule has 0 saturated carbocycles. The van der Waals surface area contributed by atoms with Crippen LogP contribution in [0.25, 0.3) is 0 Å². The zero-order chi connectivity index (χ0) is 13.1. The number of hydrogen-bond donors (Lipinski definition) is 2. The standard InChI is InChI=1S/C11H16ClNO3S/c1-8(7-14)13-6-9-10(12)4-3-5-11(9)17(2,15)16/h3-5,8,13-14H,6-7H2,1-2H3/t8-/m1/s1. The van der Waals surface area contributed by atoms with Gasteiger partial charge < -0.3 is 10.4 Å². The fraction of sp³-hybridized carbons (Fsp3) is 0.455. The van der Waals surface area contributed by atoms with Crippen LogP contribution in [0.2, 0.25) is 5.02 Å². The highest BCUT2D eigenvalue weighted by Crippen LogP contribution is 2.23. The van der Waals surface area contributed by atoms with E-state index < -0.39 is 9.84 Å². The Morgan fingerprint density at radius 1 is 1.47 bits per heavy atom. The highest BCUT2D eigenvalue weighted by atomic mass is 35.5. The first-order chi connectivity index (χ1) is 7.86. The Labute approximate surface area is 107 Å². The molecule has 0 saturated heterocycles. The lowest BCUT2D eigenvalue weighted by Crippen LogP contribution is -2.29. The van der Waals surface area contributed by atoms with Crippen LogP contribution in [0.1, 0.15) is 12.5 Å². The first kappa shape index (κ1) is 14.4. The predicted molar refractivity (Wildman–Crippen MR) is 67.9 cm³/mol. The van der Waals surface area contributed by atoms with Gasteiger partial charge in [-0.25, -0.2) is 8.42 Å². The molecule has 0 amide bonds. The molecule has 1 aromatic rings. The molecule has 0 aromatic heterocycles. The molecule has 0 fully saturated rings. The Balaban J connectivity index is 3.05. The number of sulfone groups is 1. The van der Waals surface area contributed by atoms with Crippen molar-refractivity contribution in [3.63, 3.8) is 0 Å². The first-order valence-corrected chi connectivity index (χ1v) is 7.45. The van der Waals surface area contributed by atoms with Gasteiger partial charge in [0.2, 0.25) is 0 Å². The largest absolute Gasteiger partial charge is 0.395 e. The molecule has 1 atom stereocenters. The zero-order valence-electron chi connectivity index (χ0n) is 9.77. The lowest BCUT2D eigenvalue weighted by Gasteiger charge is -2.14. The van der Waals surface area contributed by atoms with E-state index in [0.29, 0.717) is 17.1 Å². The summed E-state index contributed by atoms with van der Waals surface area (Å²) in [5.74, 6) is 0. The monoisotopic (exact) mass is 277 g/mol. The summed E-state index contributed by atoms with van der Waals surface area (Å²) in [6.45, 7) is 2.10. The van der Waals surface area contributed by atoms with Crippen molar-refractivity contribution < 1.29 is 13.5 Å². The SMILES string of the molecule is C[C@H](CO)NCc1c(Cl)cccc1S(C)(=O)=O. The van der Waals surface area contributed by atoms with E-state index in [4.69, 9.17) is 16.7 Å². The molecule has 0 bridgehead atoms. The van der Waals surface area contributed by atoms with E-state index in [2.05, 4.69) is 5.32 Å². The van der Waals surface area contributed by atoms with Crippen molar-refractivity contribution >= 4 is 21.4 Å². The van der Waals surface area contributed by atoms with Crippen LogP contribution in [0.3, 0.4) is 0 Å². The molecule has 2 N–H and O–H groups in total. The third-order valence-corrected chi connectivity index (χ3v) is 3.91. The van der Waals surface area contributed by atoms with Gasteiger partial charge in [0, 0.05) is 29.4 Å². The Kier molecular flexibility index (Phi) is 4.94. The molecule has 1 aromatic carbocycles. The summed E-state index contributed by atoms with van der Waals surface area (Å²) in [5, 5.41) is 12.3. The Bertz CT molecular complexity index is 487. The highest BCUT2D eigenvalue weighted by molar-refractivity contribution is 7.90. The van der Waals surface area contributed by atoms with Crippen LogP contribution in [-0.2, 0) is 16.4 Å². The smallest absolute Gasteiger partial charge is 0.175 e. The Morgan fingerprint density at radius 2 is 2.12 bits per heavy atom. The quantitative estimate of drug-likeness (QED) is 0.849. The number of rotatable bonds is 5. The summed E-state index contributed by atoms with van der Waals surface area (Å²) in [5.41, 5.74) is 0.539. The van der Waals surface area contributed by atoms with Crippen molar-refractivity contribution in [1.82, 2.24) is 5.32 Å². The van der Waals surface area contributed by atoms with Crippen molar-refractivity contribution in [2.24, 2.45) is 0 Å². The highest BCUT2D eigenvalue weighted by Gasteiger charge is 2.15. The van der Waals surface area contributed by atoms with Crippen LogP contribution in [0.15, 0.2) is 23.1 Å². The Morgan fingerprint density at radius 3 is 2.65 bits per heavy atom. The van der Waals surface area contributed by atoms with Gasteiger partial charge >= 0.3 is 0 Å². The summed E-state index contributed by atoms with van der Waals surface area (Å²) < 4.78 is 23.2. The van der Waals surface area contributed by atoms with Crippen molar-refractivity contribution in [1.29, 1.82) is 0 Å². The third kappa shape index (κ3) is 3.96. The number of hydrogen-bond acceptors (Lipinski definition) is 4. The molecule has 0 radical (unpaired) electrons. The summed E-state index contributed by atoms with van der Waals surface area (Å²) in [7, 11) is -3.30. The maximum absolute atomic E-state index is 11.6. The van der Waals surface area contributed by atoms with Gasteiger partial charge in [-0.15, -0.1) is 0 Å². The number of aliphatic hydroxyl groups excluding tert-OH is 1. The lowest BCUT2D eigenvalue weighted by molar-refractivity contribution is 0.251. The van der Waals surface area contributed by atoms with Gasteiger partial charge in [0.05, 0.1) is 11.5 Å². The summed E-state index contributed by atoms with van der Waals surface area (Å²) >= 11 is 6.00. The second kappa shape index (κ2) is 5.82. The minimum absolute atomic E-state index is 0.0152. The number of benzene rings is 1. The maximum Gasteiger partial charge on any atom is 0.175 e. The second-order valence-corrected chi connectivity index (χ2v) is 6.34. The zero-order valence-corrected chi connectivity index (χ0v) is 11.3. The number of aliphatic hydroxyl groups is 1. The van der Waals surface area contributed by atoms with Crippen molar-refractivity contribution in [3.05, 3.63) is 28.8 Å². The van der Waals surface area contributed by atoms with Crippen LogP contribution in [0.4, 0.5) is 0 Å². The van der Waals surface area contributed by atoms with E-state index in [1.165, 1.54) is 6.07 Å². The van der Waals surface area contributed by atoms with Gasteiger partial charge in [-0.05, 0) is 19.1 Å². The van der Waals surface area contributed by atoms with Gasteiger partial charge in [0.1, 0.15) is 0 Å². The molecule has 1 rings (SSSR count). The molecule has 0 aliphatic heterocycles. The molecular formula is C11H16ClNO3S. The normalized spacial score (nSPS) is 13.6. The molecule has 4 nitrogen and oxygen atoms in total. The molecule has 96 valence electrons. The van der Waals surface area contributed by atoms with E-state index in [9.17, 15) is 8.42 Å². The molecule has 6 heteroatoms. The number of nitrogens with one attached hydrogen (secondary N) is 1. The molecule has 0 heterocycles. The van der Waals surface area contributed by atoms with Gasteiger partial charge in [0.25, 0.3) is 0 Å². The summed E-state index contributed by atoms with van der Waals surface area (Å²) in [6, 6.07) is 4.68. The molecule has 0 aliphatic carbocycles. The Hall–Kier alpha value is -0.620. The van der Waals surface area contributed by atoms with Gasteiger partial charge in [0.15, 0.2) is 9.84 Å². The summed E-state index contributed by atoms with van der Waals surface area (Å²) in [6.07, 6.45) is 1.15. The first-order valence-electron chi connectivity index (χ1n) is 5.18. The van der Waals surface area contributed by atoms with E-state index in [1.54, 1.807) is 19.1 Å². The average Bonchev–Trinajstić information content (AvgIpc) is 2.25. The fourth-order valence-corrected chi connectivity index (χ4v) is 2.65. The lowest BCUT2D eigenvalue weighted by atomic mass is 10.2. The van der Waals surface area contributed by atoms with Crippen LogP contribution in [0.5, 0.6) is 0 Å². The van der Waals surface area contributed by atoms with Crippen LogP contribution < -0.4 is 5.32 Å². The van der Waals surface area contributed by atoms with Gasteiger partial charge in [-0.3, -0.25) is 0 Å². The van der Waals surface area contributed by atoms with E-state index >= 15 is 0 Å². The minimum Gasteiger partial charge on any atom is -0.395 e.